The number of hydrogen-bond acceptors (Lipinski definition) is 6. The minimum atomic E-state index is -3.07. The van der Waals surface area contributed by atoms with E-state index in [9.17, 15) is 8.42 Å². The molecule has 166 valence electrons. The quantitative estimate of drug-likeness (QED) is 0.442. The van der Waals surface area contributed by atoms with Gasteiger partial charge in [-0.2, -0.15) is 0 Å². The van der Waals surface area contributed by atoms with E-state index in [-0.39, 0.29) is 11.2 Å². The molecule has 0 saturated carbocycles. The number of methoxy groups -OCH3 is 1. The van der Waals surface area contributed by atoms with Gasteiger partial charge in [0.05, 0.1) is 23.6 Å². The van der Waals surface area contributed by atoms with Crippen LogP contribution in [0.15, 0.2) is 47.6 Å². The lowest BCUT2D eigenvalue weighted by molar-refractivity contribution is 0.415. The van der Waals surface area contributed by atoms with Crippen LogP contribution in [0.2, 0.25) is 5.02 Å². The average Bonchev–Trinajstić information content (AvgIpc) is 3.10. The van der Waals surface area contributed by atoms with Gasteiger partial charge < -0.3 is 4.74 Å². The van der Waals surface area contributed by atoms with Gasteiger partial charge in [-0.05, 0) is 29.2 Å². The Morgan fingerprint density at radius 3 is 2.32 bits per heavy atom. The van der Waals surface area contributed by atoms with E-state index in [0.717, 1.165) is 11.3 Å². The molecule has 9 heteroatoms. The second-order valence-corrected chi connectivity index (χ2v) is 12.0. The van der Waals surface area contributed by atoms with Crippen molar-refractivity contribution in [2.75, 3.05) is 24.9 Å². The van der Waals surface area contributed by atoms with Gasteiger partial charge in [-0.1, -0.05) is 68.4 Å². The smallest absolute Gasteiger partial charge is 0.196 e. The number of halogens is 1. The zero-order chi connectivity index (χ0) is 22.8. The van der Waals surface area contributed by atoms with Crippen LogP contribution < -0.4 is 4.74 Å². The number of aromatic nitrogens is 3. The molecule has 3 aromatic rings. The highest BCUT2D eigenvalue weighted by Crippen LogP contribution is 2.33. The summed E-state index contributed by atoms with van der Waals surface area (Å²) in [5.74, 6) is 1.66. The standard InChI is InChI=1S/C22H26ClN3O3S2/c1-22(2,3)16-8-6-15(7-9-16)20-24-25-21(30-12-13-31(5,27)28)26(20)17-10-11-19(29-4)18(23)14-17/h6-11,14H,12-13H2,1-5H3. The second-order valence-electron chi connectivity index (χ2n) is 8.27. The molecule has 0 aliphatic heterocycles. The highest BCUT2D eigenvalue weighted by atomic mass is 35.5. The lowest BCUT2D eigenvalue weighted by Crippen LogP contribution is -2.10. The Morgan fingerprint density at radius 2 is 1.77 bits per heavy atom. The van der Waals surface area contributed by atoms with E-state index < -0.39 is 9.84 Å². The Balaban J connectivity index is 2.06. The molecular weight excluding hydrogens is 454 g/mol. The van der Waals surface area contributed by atoms with E-state index in [4.69, 9.17) is 16.3 Å². The fourth-order valence-corrected chi connectivity index (χ4v) is 5.38. The summed E-state index contributed by atoms with van der Waals surface area (Å²) in [6.07, 6.45) is 1.23. The summed E-state index contributed by atoms with van der Waals surface area (Å²) in [6, 6.07) is 13.7. The molecule has 0 atom stereocenters. The number of benzene rings is 2. The summed E-state index contributed by atoms with van der Waals surface area (Å²) in [5, 5.41) is 9.81. The Hall–Kier alpha value is -2.03. The van der Waals surface area contributed by atoms with Crippen molar-refractivity contribution < 1.29 is 13.2 Å². The summed E-state index contributed by atoms with van der Waals surface area (Å²) < 4.78 is 30.2. The van der Waals surface area contributed by atoms with Gasteiger partial charge in [0, 0.05) is 17.6 Å². The van der Waals surface area contributed by atoms with Crippen molar-refractivity contribution in [3.8, 4) is 22.8 Å². The minimum absolute atomic E-state index is 0.0440. The van der Waals surface area contributed by atoms with Gasteiger partial charge in [0.15, 0.2) is 11.0 Å². The molecule has 1 heterocycles. The van der Waals surface area contributed by atoms with E-state index >= 15 is 0 Å². The summed E-state index contributed by atoms with van der Waals surface area (Å²) in [4.78, 5) is 0. The first-order chi connectivity index (χ1) is 14.5. The minimum Gasteiger partial charge on any atom is -0.495 e. The van der Waals surface area contributed by atoms with Crippen molar-refractivity contribution in [3.63, 3.8) is 0 Å². The van der Waals surface area contributed by atoms with Crippen LogP contribution in [0.3, 0.4) is 0 Å². The van der Waals surface area contributed by atoms with Crippen molar-refractivity contribution in [1.29, 1.82) is 0 Å². The first kappa shape index (κ1) is 23.6. The van der Waals surface area contributed by atoms with Gasteiger partial charge in [0.25, 0.3) is 0 Å². The van der Waals surface area contributed by atoms with Crippen LogP contribution >= 0.6 is 23.4 Å². The molecule has 0 unspecified atom stereocenters. The molecule has 0 aliphatic carbocycles. The lowest BCUT2D eigenvalue weighted by atomic mass is 9.87. The predicted molar refractivity (Wildman–Crippen MR) is 127 cm³/mol. The van der Waals surface area contributed by atoms with Gasteiger partial charge in [0.1, 0.15) is 15.6 Å². The SMILES string of the molecule is COc1ccc(-n2c(SCCS(C)(=O)=O)nnc2-c2ccc(C(C)(C)C)cc2)cc1Cl. The van der Waals surface area contributed by atoms with Crippen LogP contribution in [0.1, 0.15) is 26.3 Å². The van der Waals surface area contributed by atoms with Crippen LogP contribution in [-0.2, 0) is 15.3 Å². The van der Waals surface area contributed by atoms with Crippen molar-refractivity contribution in [2.45, 2.75) is 31.3 Å². The summed E-state index contributed by atoms with van der Waals surface area (Å²) >= 11 is 7.71. The number of hydrogen-bond donors (Lipinski definition) is 0. The third kappa shape index (κ3) is 5.81. The van der Waals surface area contributed by atoms with E-state index in [1.807, 2.05) is 22.8 Å². The van der Waals surface area contributed by atoms with Crippen molar-refractivity contribution in [2.24, 2.45) is 0 Å². The zero-order valence-corrected chi connectivity index (χ0v) is 20.6. The predicted octanol–water partition coefficient (Wildman–Crippen LogP) is 5.03. The van der Waals surface area contributed by atoms with Crippen LogP contribution in [0.25, 0.3) is 17.1 Å². The second kappa shape index (κ2) is 9.22. The fraction of sp³-hybridized carbons (Fsp3) is 0.364. The fourth-order valence-electron chi connectivity index (χ4n) is 2.98. The molecule has 0 radical (unpaired) electrons. The maximum absolute atomic E-state index is 11.5. The molecule has 0 bridgehead atoms. The highest BCUT2D eigenvalue weighted by Gasteiger charge is 2.19. The first-order valence-corrected chi connectivity index (χ1v) is 13.1. The van der Waals surface area contributed by atoms with Crippen molar-refractivity contribution in [3.05, 3.63) is 53.1 Å². The first-order valence-electron chi connectivity index (χ1n) is 9.70. The van der Waals surface area contributed by atoms with Crippen LogP contribution in [-0.4, -0.2) is 48.1 Å². The van der Waals surface area contributed by atoms with Gasteiger partial charge in [-0.3, -0.25) is 4.57 Å². The number of nitrogens with zero attached hydrogens (tertiary/aromatic N) is 3. The van der Waals surface area contributed by atoms with E-state index in [2.05, 4.69) is 43.1 Å². The Morgan fingerprint density at radius 1 is 1.10 bits per heavy atom. The largest absolute Gasteiger partial charge is 0.495 e. The molecule has 1 aromatic heterocycles. The maximum atomic E-state index is 11.5. The molecular formula is C22H26ClN3O3S2. The van der Waals surface area contributed by atoms with Crippen molar-refractivity contribution in [1.82, 2.24) is 14.8 Å². The molecule has 0 saturated heterocycles. The third-order valence-corrected chi connectivity index (χ3v) is 7.15. The lowest BCUT2D eigenvalue weighted by Gasteiger charge is -2.19. The van der Waals surface area contributed by atoms with E-state index in [1.165, 1.54) is 23.6 Å². The molecule has 0 amide bonds. The molecule has 0 aliphatic rings. The molecule has 2 aromatic carbocycles. The monoisotopic (exact) mass is 479 g/mol. The summed E-state index contributed by atoms with van der Waals surface area (Å²) in [6.45, 7) is 6.50. The van der Waals surface area contributed by atoms with E-state index in [0.29, 0.717) is 27.5 Å². The highest BCUT2D eigenvalue weighted by molar-refractivity contribution is 8.00. The molecule has 6 nitrogen and oxygen atoms in total. The number of thioether (sulfide) groups is 1. The maximum Gasteiger partial charge on any atom is 0.196 e. The Bertz CT molecular complexity index is 1170. The number of ether oxygens (including phenoxy) is 1. The van der Waals surface area contributed by atoms with Gasteiger partial charge in [-0.25, -0.2) is 8.42 Å². The summed E-state index contributed by atoms with van der Waals surface area (Å²) in [5.41, 5.74) is 2.94. The van der Waals surface area contributed by atoms with Crippen molar-refractivity contribution >= 4 is 33.2 Å². The topological polar surface area (TPSA) is 74.1 Å². The average molecular weight is 480 g/mol. The Labute approximate surface area is 192 Å². The third-order valence-electron chi connectivity index (χ3n) is 4.72. The summed E-state index contributed by atoms with van der Waals surface area (Å²) in [7, 11) is -1.50. The molecule has 3 rings (SSSR count). The van der Waals surface area contributed by atoms with Crippen LogP contribution in [0.4, 0.5) is 0 Å². The van der Waals surface area contributed by atoms with Gasteiger partial charge >= 0.3 is 0 Å². The molecule has 0 N–H and O–H groups in total. The molecule has 31 heavy (non-hydrogen) atoms. The molecule has 0 spiro atoms. The molecule has 0 fully saturated rings. The van der Waals surface area contributed by atoms with Crippen LogP contribution in [0, 0.1) is 0 Å². The normalized spacial score (nSPS) is 12.2. The van der Waals surface area contributed by atoms with Gasteiger partial charge in [-0.15, -0.1) is 10.2 Å². The zero-order valence-electron chi connectivity index (χ0n) is 18.2. The Kier molecular flexibility index (Phi) is 7.03. The van der Waals surface area contributed by atoms with Gasteiger partial charge in [0.2, 0.25) is 0 Å². The number of sulfone groups is 1. The van der Waals surface area contributed by atoms with E-state index in [1.54, 1.807) is 19.2 Å². The van der Waals surface area contributed by atoms with Crippen LogP contribution in [0.5, 0.6) is 5.75 Å². The number of rotatable bonds is 7.